The van der Waals surface area contributed by atoms with E-state index in [4.69, 9.17) is 0 Å². The quantitative estimate of drug-likeness (QED) is 0.223. The van der Waals surface area contributed by atoms with E-state index < -0.39 is 0 Å². The van der Waals surface area contributed by atoms with Crippen LogP contribution in [0.4, 0.5) is 11.4 Å². The maximum absolute atomic E-state index is 2.60. The Bertz CT molecular complexity index is 1440. The van der Waals surface area contributed by atoms with Gasteiger partial charge in [-0.05, 0) is 87.3 Å². The van der Waals surface area contributed by atoms with Crippen molar-refractivity contribution >= 4 is 17.1 Å². The summed E-state index contributed by atoms with van der Waals surface area (Å²) in [7, 11) is 0. The van der Waals surface area contributed by atoms with Crippen molar-refractivity contribution in [3.63, 3.8) is 0 Å². The molecule has 5 rings (SSSR count). The van der Waals surface area contributed by atoms with E-state index in [9.17, 15) is 0 Å². The van der Waals surface area contributed by atoms with Crippen molar-refractivity contribution in [2.75, 3.05) is 18.0 Å². The Morgan fingerprint density at radius 1 is 0.805 bits per heavy atom. The van der Waals surface area contributed by atoms with Crippen molar-refractivity contribution in [3.05, 3.63) is 106 Å². The zero-order valence-corrected chi connectivity index (χ0v) is 26.7. The second kappa shape index (κ2) is 12.0. The molecule has 2 aromatic carbocycles. The van der Waals surface area contributed by atoms with Crippen LogP contribution in [-0.2, 0) is 10.8 Å². The molecule has 0 fully saturated rings. The maximum atomic E-state index is 2.60. The molecule has 2 nitrogen and oxygen atoms in total. The molecule has 1 aliphatic carbocycles. The Morgan fingerprint density at radius 2 is 1.54 bits per heavy atom. The first-order valence-corrected chi connectivity index (χ1v) is 16.1. The monoisotopic (exact) mass is 547 g/mol. The molecule has 3 aliphatic rings. The van der Waals surface area contributed by atoms with Crippen LogP contribution >= 0.6 is 0 Å². The summed E-state index contributed by atoms with van der Waals surface area (Å²) in [5.74, 6) is 0. The number of rotatable bonds is 9. The second-order valence-corrected chi connectivity index (χ2v) is 13.3. The molecule has 2 heterocycles. The van der Waals surface area contributed by atoms with Crippen molar-refractivity contribution in [1.29, 1.82) is 0 Å². The van der Waals surface area contributed by atoms with Crippen molar-refractivity contribution in [2.24, 2.45) is 0 Å². The maximum Gasteiger partial charge on any atom is 0.209 e. The molecule has 0 saturated heterocycles. The number of nitrogens with zero attached hydrogens (tertiary/aromatic N) is 2. The highest BCUT2D eigenvalue weighted by Crippen LogP contribution is 2.48. The minimum atomic E-state index is 0.0112. The Kier molecular flexibility index (Phi) is 8.60. The summed E-state index contributed by atoms with van der Waals surface area (Å²) >= 11 is 0. The summed E-state index contributed by atoms with van der Waals surface area (Å²) in [6, 6.07) is 18.0. The molecule has 41 heavy (non-hydrogen) atoms. The van der Waals surface area contributed by atoms with Gasteiger partial charge in [-0.3, -0.25) is 0 Å². The molecule has 0 aromatic heterocycles. The summed E-state index contributed by atoms with van der Waals surface area (Å²) in [5, 5.41) is 0. The molecule has 0 amide bonds. The number of allylic oxidation sites excluding steroid dienone is 8. The van der Waals surface area contributed by atoms with E-state index >= 15 is 0 Å². The third-order valence-electron chi connectivity index (χ3n) is 9.77. The largest absolute Gasteiger partial charge is 0.344 e. The lowest BCUT2D eigenvalue weighted by Crippen LogP contribution is -2.28. The van der Waals surface area contributed by atoms with Gasteiger partial charge in [0.2, 0.25) is 5.69 Å². The Balaban J connectivity index is 1.48. The summed E-state index contributed by atoms with van der Waals surface area (Å²) < 4.78 is 2.60. The summed E-state index contributed by atoms with van der Waals surface area (Å²) in [4.78, 5) is 2.55. The van der Waals surface area contributed by atoms with Gasteiger partial charge in [0, 0.05) is 47.5 Å². The van der Waals surface area contributed by atoms with Crippen LogP contribution in [0.15, 0.2) is 95.3 Å². The first-order chi connectivity index (χ1) is 19.7. The van der Waals surface area contributed by atoms with Crippen molar-refractivity contribution < 1.29 is 4.58 Å². The van der Waals surface area contributed by atoms with Gasteiger partial charge in [-0.2, -0.15) is 4.58 Å². The smallest absolute Gasteiger partial charge is 0.209 e. The molecular formula is C39H51N2+. The lowest BCUT2D eigenvalue weighted by Gasteiger charge is -2.27. The fourth-order valence-corrected chi connectivity index (χ4v) is 7.33. The van der Waals surface area contributed by atoms with Crippen molar-refractivity contribution in [3.8, 4) is 0 Å². The van der Waals surface area contributed by atoms with Gasteiger partial charge in [0.15, 0.2) is 5.71 Å². The number of unbranched alkanes of at least 4 members (excludes halogenated alkanes) is 2. The molecule has 2 aromatic rings. The molecule has 0 bridgehead atoms. The normalized spacial score (nSPS) is 21.5. The molecule has 216 valence electrons. The standard InChI is InChI=1S/C39H51N2/c1-8-10-15-28-41-35-22-14-12-20-33(35)39(6,7)37(41)26-24-31-18-16-17-30(29(31)3)23-25-36-38(4,5)32-19-11-13-21-34(32)40(36)27-9-2/h11-14,19-26H,8-10,15-18,27-28H2,1-7H3/q+1. The molecule has 0 unspecified atom stereocenters. The highest BCUT2D eigenvalue weighted by atomic mass is 15.2. The van der Waals surface area contributed by atoms with Crippen LogP contribution < -0.4 is 4.90 Å². The molecule has 0 radical (unpaired) electrons. The van der Waals surface area contributed by atoms with Gasteiger partial charge in [0.05, 0.1) is 5.41 Å². The Labute approximate surface area is 249 Å². The minimum Gasteiger partial charge on any atom is -0.344 e. The number of para-hydroxylation sites is 2. The highest BCUT2D eigenvalue weighted by Gasteiger charge is 2.44. The second-order valence-electron chi connectivity index (χ2n) is 13.3. The van der Waals surface area contributed by atoms with Crippen LogP contribution in [0, 0.1) is 0 Å². The number of hydrogen-bond acceptors (Lipinski definition) is 1. The van der Waals surface area contributed by atoms with Crippen molar-refractivity contribution in [2.45, 2.75) is 104 Å². The van der Waals surface area contributed by atoms with E-state index in [0.29, 0.717) is 0 Å². The molecule has 0 saturated carbocycles. The molecule has 2 aliphatic heterocycles. The van der Waals surface area contributed by atoms with Crippen LogP contribution in [0.2, 0.25) is 0 Å². The SMILES string of the molecule is CCCCC[N+]1=C(/C=C/C2=C(C)C(=C/C=C3/N(CCC)c4ccccc4C3(C)C)/CCC2)C(C)(C)c2ccccc21. The van der Waals surface area contributed by atoms with Gasteiger partial charge in [-0.15, -0.1) is 0 Å². The van der Waals surface area contributed by atoms with Gasteiger partial charge in [0.1, 0.15) is 6.54 Å². The van der Waals surface area contributed by atoms with Crippen LogP contribution in [-0.4, -0.2) is 23.4 Å². The molecule has 0 N–H and O–H groups in total. The Morgan fingerprint density at radius 3 is 2.29 bits per heavy atom. The van der Waals surface area contributed by atoms with Gasteiger partial charge in [-0.25, -0.2) is 0 Å². The third kappa shape index (κ3) is 5.43. The molecule has 0 atom stereocenters. The minimum absolute atomic E-state index is 0.0112. The van der Waals surface area contributed by atoms with E-state index in [1.165, 1.54) is 76.3 Å². The zero-order chi connectivity index (χ0) is 29.2. The van der Waals surface area contributed by atoms with Crippen LogP contribution in [0.25, 0.3) is 0 Å². The predicted molar refractivity (Wildman–Crippen MR) is 178 cm³/mol. The van der Waals surface area contributed by atoms with E-state index in [0.717, 1.165) is 32.4 Å². The first kappa shape index (κ1) is 29.4. The number of anilines is 1. The predicted octanol–water partition coefficient (Wildman–Crippen LogP) is 10.3. The lowest BCUT2D eigenvalue weighted by molar-refractivity contribution is -0.438. The van der Waals surface area contributed by atoms with E-state index in [-0.39, 0.29) is 10.8 Å². The van der Waals surface area contributed by atoms with E-state index in [1.54, 1.807) is 0 Å². The summed E-state index contributed by atoms with van der Waals surface area (Å²) in [5.41, 5.74) is 13.0. The molecular weight excluding hydrogens is 496 g/mol. The summed E-state index contributed by atoms with van der Waals surface area (Å²) in [6.45, 7) is 18.6. The average molecular weight is 548 g/mol. The third-order valence-corrected chi connectivity index (χ3v) is 9.77. The zero-order valence-electron chi connectivity index (χ0n) is 26.7. The average Bonchev–Trinajstić information content (AvgIpc) is 3.31. The fourth-order valence-electron chi connectivity index (χ4n) is 7.33. The van der Waals surface area contributed by atoms with Crippen LogP contribution in [0.1, 0.15) is 105 Å². The van der Waals surface area contributed by atoms with Crippen molar-refractivity contribution in [1.82, 2.24) is 0 Å². The molecule has 2 heteroatoms. The van der Waals surface area contributed by atoms with Crippen LogP contribution in [0.3, 0.4) is 0 Å². The number of benzene rings is 2. The summed E-state index contributed by atoms with van der Waals surface area (Å²) in [6.07, 6.45) is 18.2. The van der Waals surface area contributed by atoms with Gasteiger partial charge in [0.25, 0.3) is 0 Å². The first-order valence-electron chi connectivity index (χ1n) is 16.1. The highest BCUT2D eigenvalue weighted by molar-refractivity contribution is 6.03. The Hall–Kier alpha value is -3.13. The van der Waals surface area contributed by atoms with Crippen LogP contribution in [0.5, 0.6) is 0 Å². The topological polar surface area (TPSA) is 6.25 Å². The van der Waals surface area contributed by atoms with E-state index in [2.05, 4.69) is 131 Å². The number of fused-ring (bicyclic) bond motifs is 2. The van der Waals surface area contributed by atoms with Gasteiger partial charge in [-0.1, -0.05) is 82.7 Å². The molecule has 0 spiro atoms. The van der Waals surface area contributed by atoms with Gasteiger partial charge < -0.3 is 4.90 Å². The number of hydrogen-bond donors (Lipinski definition) is 0. The fraction of sp³-hybridized carbons (Fsp3) is 0.462. The van der Waals surface area contributed by atoms with E-state index in [1.807, 2.05) is 0 Å². The van der Waals surface area contributed by atoms with Gasteiger partial charge >= 0.3 is 0 Å². The lowest BCUT2D eigenvalue weighted by atomic mass is 9.80.